The normalized spacial score (nSPS) is 11.8. The first-order chi connectivity index (χ1) is 13.4. The zero-order valence-corrected chi connectivity index (χ0v) is 16.2. The van der Waals surface area contributed by atoms with Gasteiger partial charge in [-0.1, -0.05) is 43.6 Å². The summed E-state index contributed by atoms with van der Waals surface area (Å²) in [5.41, 5.74) is -0.0176. The minimum atomic E-state index is -0.513. The average Bonchev–Trinajstić information content (AvgIpc) is 2.98. The number of rotatable bonds is 4. The van der Waals surface area contributed by atoms with E-state index in [2.05, 4.69) is 5.10 Å². The topological polar surface area (TPSA) is 61.3 Å². The number of para-hydroxylation sites is 1. The van der Waals surface area contributed by atoms with Crippen LogP contribution < -0.4 is 11.2 Å². The molecule has 4 aromatic rings. The Labute approximate surface area is 164 Å². The van der Waals surface area contributed by atoms with E-state index < -0.39 is 11.5 Å². The maximum Gasteiger partial charge on any atom is 0.352 e. The van der Waals surface area contributed by atoms with Crippen molar-refractivity contribution in [3.05, 3.63) is 79.7 Å². The summed E-state index contributed by atoms with van der Waals surface area (Å²) in [6.45, 7) is 4.24. The summed E-state index contributed by atoms with van der Waals surface area (Å²) in [7, 11) is 0. The quantitative estimate of drug-likeness (QED) is 0.528. The van der Waals surface area contributed by atoms with Gasteiger partial charge in [0.1, 0.15) is 5.82 Å². The molecule has 6 nitrogen and oxygen atoms in total. The largest absolute Gasteiger partial charge is 0.352 e. The number of hydrogen-bond acceptors (Lipinski definition) is 3. The molecule has 2 aromatic heterocycles. The third kappa shape index (κ3) is 2.92. The van der Waals surface area contributed by atoms with Crippen LogP contribution in [-0.2, 0) is 13.1 Å². The Balaban J connectivity index is 2.04. The highest BCUT2D eigenvalue weighted by Crippen LogP contribution is 2.20. The third-order valence-corrected chi connectivity index (χ3v) is 4.96. The summed E-state index contributed by atoms with van der Waals surface area (Å²) < 4.78 is 18.2. The van der Waals surface area contributed by atoms with Crippen LogP contribution in [0.1, 0.15) is 19.4 Å². The molecule has 0 atom stereocenters. The van der Waals surface area contributed by atoms with Gasteiger partial charge in [0.15, 0.2) is 0 Å². The van der Waals surface area contributed by atoms with Crippen LogP contribution in [0, 0.1) is 11.7 Å². The van der Waals surface area contributed by atoms with Gasteiger partial charge in [-0.25, -0.2) is 18.3 Å². The van der Waals surface area contributed by atoms with Crippen LogP contribution in [-0.4, -0.2) is 18.7 Å². The van der Waals surface area contributed by atoms with Gasteiger partial charge >= 0.3 is 5.69 Å². The summed E-state index contributed by atoms with van der Waals surface area (Å²) in [6.07, 6.45) is 0. The molecule has 0 aliphatic heterocycles. The van der Waals surface area contributed by atoms with Gasteiger partial charge < -0.3 is 0 Å². The fraction of sp³-hybridized carbons (Fsp3) is 0.250. The van der Waals surface area contributed by atoms with Gasteiger partial charge in [-0.05, 0) is 30.2 Å². The van der Waals surface area contributed by atoms with E-state index in [1.54, 1.807) is 30.3 Å². The van der Waals surface area contributed by atoms with Gasteiger partial charge in [0.25, 0.3) is 5.56 Å². The molecular weight excluding hydrogens is 383 g/mol. The lowest BCUT2D eigenvalue weighted by molar-refractivity contribution is 0.515. The number of fused-ring (bicyclic) bond motifs is 3. The van der Waals surface area contributed by atoms with Crippen molar-refractivity contribution >= 4 is 28.3 Å². The summed E-state index contributed by atoms with van der Waals surface area (Å²) in [4.78, 5) is 26.1. The molecule has 2 heterocycles. The Bertz CT molecular complexity index is 1300. The Kier molecular flexibility index (Phi) is 4.55. The molecule has 0 radical (unpaired) electrons. The lowest BCUT2D eigenvalue weighted by Crippen LogP contribution is -2.27. The zero-order chi connectivity index (χ0) is 20.0. The summed E-state index contributed by atoms with van der Waals surface area (Å²) in [5.74, 6) is -0.111. The highest BCUT2D eigenvalue weighted by atomic mass is 35.5. The summed E-state index contributed by atoms with van der Waals surface area (Å²) >= 11 is 6.11. The van der Waals surface area contributed by atoms with Gasteiger partial charge in [0.05, 0.1) is 17.4 Å². The first kappa shape index (κ1) is 18.4. The summed E-state index contributed by atoms with van der Waals surface area (Å²) in [5, 5.41) is 5.01. The first-order valence-electron chi connectivity index (χ1n) is 8.92. The minimum Gasteiger partial charge on any atom is -0.276 e. The van der Waals surface area contributed by atoms with Crippen molar-refractivity contribution in [2.45, 2.75) is 26.9 Å². The van der Waals surface area contributed by atoms with Crippen LogP contribution in [0.25, 0.3) is 16.7 Å². The number of hydrogen-bond donors (Lipinski definition) is 0. The molecule has 0 saturated heterocycles. The second kappa shape index (κ2) is 6.91. The molecule has 0 aliphatic carbocycles. The van der Waals surface area contributed by atoms with E-state index in [1.807, 2.05) is 13.8 Å². The molecule has 0 saturated carbocycles. The van der Waals surface area contributed by atoms with Crippen molar-refractivity contribution in [3.8, 4) is 0 Å². The van der Waals surface area contributed by atoms with Crippen molar-refractivity contribution in [1.82, 2.24) is 18.7 Å². The van der Waals surface area contributed by atoms with E-state index >= 15 is 0 Å². The predicted molar refractivity (Wildman–Crippen MR) is 107 cm³/mol. The molecule has 0 aliphatic rings. The second-order valence-electron chi connectivity index (χ2n) is 7.10. The standard InChI is InChI=1S/C20H18ClFN4O2/c1-12(2)10-24-18(27)13-6-3-4-9-17(13)26-19(24)23-25(20(26)28)11-14-15(21)7-5-8-16(14)22/h3-9,12H,10-11H2,1-2H3. The van der Waals surface area contributed by atoms with Gasteiger partial charge in [0, 0.05) is 17.1 Å². The molecule has 0 amide bonds. The van der Waals surface area contributed by atoms with Crippen molar-refractivity contribution < 1.29 is 4.39 Å². The second-order valence-corrected chi connectivity index (χ2v) is 7.51. The molecule has 0 N–H and O–H groups in total. The minimum absolute atomic E-state index is 0.129. The van der Waals surface area contributed by atoms with Crippen molar-refractivity contribution in [2.24, 2.45) is 5.92 Å². The number of benzene rings is 2. The van der Waals surface area contributed by atoms with E-state index in [1.165, 1.54) is 21.1 Å². The Morgan fingerprint density at radius 3 is 2.57 bits per heavy atom. The molecule has 144 valence electrons. The van der Waals surface area contributed by atoms with Crippen LogP contribution in [0.15, 0.2) is 52.1 Å². The maximum atomic E-state index is 14.2. The first-order valence-corrected chi connectivity index (χ1v) is 9.30. The van der Waals surface area contributed by atoms with E-state index in [9.17, 15) is 14.0 Å². The molecule has 0 spiro atoms. The predicted octanol–water partition coefficient (Wildman–Crippen LogP) is 3.31. The van der Waals surface area contributed by atoms with E-state index in [0.29, 0.717) is 17.4 Å². The van der Waals surface area contributed by atoms with Gasteiger partial charge in [0.2, 0.25) is 5.78 Å². The van der Waals surface area contributed by atoms with Crippen LogP contribution in [0.5, 0.6) is 0 Å². The fourth-order valence-corrected chi connectivity index (χ4v) is 3.56. The van der Waals surface area contributed by atoms with Crippen LogP contribution in [0.3, 0.4) is 0 Å². The smallest absolute Gasteiger partial charge is 0.276 e. The van der Waals surface area contributed by atoms with Crippen molar-refractivity contribution in [2.75, 3.05) is 0 Å². The number of nitrogens with zero attached hydrogens (tertiary/aromatic N) is 4. The van der Waals surface area contributed by atoms with E-state index in [4.69, 9.17) is 11.6 Å². The maximum absolute atomic E-state index is 14.2. The molecule has 0 fully saturated rings. The van der Waals surface area contributed by atoms with E-state index in [0.717, 1.165) is 4.68 Å². The number of halogens is 2. The van der Waals surface area contributed by atoms with Gasteiger partial charge in [-0.3, -0.25) is 9.36 Å². The monoisotopic (exact) mass is 400 g/mol. The average molecular weight is 401 g/mol. The molecule has 0 unspecified atom stereocenters. The van der Waals surface area contributed by atoms with E-state index in [-0.39, 0.29) is 34.4 Å². The Morgan fingerprint density at radius 2 is 1.86 bits per heavy atom. The zero-order valence-electron chi connectivity index (χ0n) is 15.4. The highest BCUT2D eigenvalue weighted by molar-refractivity contribution is 6.31. The molecule has 8 heteroatoms. The Hall–Kier alpha value is -2.93. The van der Waals surface area contributed by atoms with Crippen LogP contribution >= 0.6 is 11.6 Å². The molecular formula is C20H18ClFN4O2. The summed E-state index contributed by atoms with van der Waals surface area (Å²) in [6, 6.07) is 11.2. The molecule has 0 bridgehead atoms. The van der Waals surface area contributed by atoms with Crippen molar-refractivity contribution in [1.29, 1.82) is 0 Å². The molecule has 4 rings (SSSR count). The van der Waals surface area contributed by atoms with Crippen LogP contribution in [0.4, 0.5) is 4.39 Å². The highest BCUT2D eigenvalue weighted by Gasteiger charge is 2.19. The fourth-order valence-electron chi connectivity index (χ4n) is 3.33. The number of aromatic nitrogens is 4. The van der Waals surface area contributed by atoms with Crippen molar-refractivity contribution in [3.63, 3.8) is 0 Å². The lowest BCUT2D eigenvalue weighted by Gasteiger charge is -2.11. The lowest BCUT2D eigenvalue weighted by atomic mass is 10.2. The van der Waals surface area contributed by atoms with Gasteiger partial charge in [-0.2, -0.15) is 0 Å². The molecule has 2 aromatic carbocycles. The molecule has 28 heavy (non-hydrogen) atoms. The van der Waals surface area contributed by atoms with Gasteiger partial charge in [-0.15, -0.1) is 5.10 Å². The SMILES string of the molecule is CC(C)Cn1c(=O)c2ccccc2n2c(=O)n(Cc3c(F)cccc3Cl)nc12. The Morgan fingerprint density at radius 1 is 1.11 bits per heavy atom. The third-order valence-electron chi connectivity index (χ3n) is 4.60. The van der Waals surface area contributed by atoms with Crippen LogP contribution in [0.2, 0.25) is 5.02 Å².